The van der Waals surface area contributed by atoms with E-state index in [0.29, 0.717) is 0 Å². The molecule has 0 saturated heterocycles. The second kappa shape index (κ2) is 2.10. The molecule has 2 heterocycles. The molecule has 9 heavy (non-hydrogen) atoms. The van der Waals surface area contributed by atoms with Crippen LogP contribution in [0.2, 0.25) is 0 Å². The van der Waals surface area contributed by atoms with Crippen molar-refractivity contribution in [3.05, 3.63) is 23.1 Å². The molecule has 0 aromatic carbocycles. The third kappa shape index (κ3) is 0.871. The molecule has 0 amide bonds. The molecule has 2 aliphatic heterocycles. The fraction of sp³-hybridized carbons (Fsp3) is 0.167. The van der Waals surface area contributed by atoms with Crippen LogP contribution in [0.4, 0.5) is 0 Å². The molecule has 2 aliphatic rings. The van der Waals surface area contributed by atoms with E-state index in [1.165, 1.54) is 4.91 Å². The van der Waals surface area contributed by atoms with E-state index in [4.69, 9.17) is 0 Å². The lowest BCUT2D eigenvalue weighted by atomic mass is 10.4. The van der Waals surface area contributed by atoms with Gasteiger partial charge in [-0.1, -0.05) is 22.8 Å². The van der Waals surface area contributed by atoms with Crippen molar-refractivity contribution in [3.8, 4) is 0 Å². The Kier molecular flexibility index (Phi) is 1.26. The van der Waals surface area contributed by atoms with Crippen LogP contribution in [0.15, 0.2) is 23.1 Å². The van der Waals surface area contributed by atoms with Gasteiger partial charge in [0, 0.05) is 11.4 Å². The topological polar surface area (TPSA) is 24.1 Å². The normalized spacial score (nSPS) is 31.1. The first-order chi connectivity index (χ1) is 4.47. The highest BCUT2D eigenvalue weighted by Gasteiger charge is 2.06. The zero-order chi connectivity index (χ0) is 6.10. The van der Waals surface area contributed by atoms with E-state index in [1.54, 1.807) is 0 Å². The Morgan fingerprint density at radius 2 is 2.56 bits per heavy atom. The number of nitrogens with one attached hydrogen (secondary N) is 2. The first kappa shape index (κ1) is 5.41. The van der Waals surface area contributed by atoms with Crippen molar-refractivity contribution in [2.45, 2.75) is 0 Å². The number of fused-ring (bicyclic) bond motifs is 1. The van der Waals surface area contributed by atoms with Crippen molar-refractivity contribution < 1.29 is 0 Å². The van der Waals surface area contributed by atoms with Gasteiger partial charge in [-0.05, 0) is 11.4 Å². The number of allylic oxidation sites excluding steroid dienone is 2. The standard InChI is InChI=1S/C6H8N2S/c1-2-6-3-4-7-8-9(6)5-1/h1-3,5,7-8H,4H2. The third-order valence-electron chi connectivity index (χ3n) is 1.32. The summed E-state index contributed by atoms with van der Waals surface area (Å²) in [5, 5.41) is 2.16. The first-order valence-electron chi connectivity index (χ1n) is 2.90. The minimum Gasteiger partial charge on any atom is -0.244 e. The summed E-state index contributed by atoms with van der Waals surface area (Å²) in [6, 6.07) is 0. The number of rotatable bonds is 0. The monoisotopic (exact) mass is 140 g/mol. The molecule has 1 unspecified atom stereocenters. The van der Waals surface area contributed by atoms with Gasteiger partial charge in [0.1, 0.15) is 0 Å². The second-order valence-corrected chi connectivity index (χ2v) is 3.55. The van der Waals surface area contributed by atoms with Crippen molar-refractivity contribution in [2.24, 2.45) is 0 Å². The molecule has 0 spiro atoms. The van der Waals surface area contributed by atoms with Crippen molar-refractivity contribution in [1.82, 2.24) is 10.3 Å². The molecule has 0 aromatic rings. The van der Waals surface area contributed by atoms with E-state index in [-0.39, 0.29) is 10.7 Å². The lowest BCUT2D eigenvalue weighted by Gasteiger charge is -2.14. The summed E-state index contributed by atoms with van der Waals surface area (Å²) in [5.74, 6) is 0. The predicted molar refractivity (Wildman–Crippen MR) is 42.0 cm³/mol. The molecule has 3 heteroatoms. The summed E-state index contributed by atoms with van der Waals surface area (Å²) in [6.45, 7) is 0.941. The van der Waals surface area contributed by atoms with Gasteiger partial charge in [-0.2, -0.15) is 0 Å². The van der Waals surface area contributed by atoms with Crippen LogP contribution in [-0.4, -0.2) is 11.9 Å². The van der Waals surface area contributed by atoms with Gasteiger partial charge in [-0.3, -0.25) is 0 Å². The van der Waals surface area contributed by atoms with E-state index in [2.05, 4.69) is 33.9 Å². The highest BCUT2D eigenvalue weighted by molar-refractivity contribution is 8.17. The fourth-order valence-corrected chi connectivity index (χ4v) is 2.19. The summed E-state index contributed by atoms with van der Waals surface area (Å²) in [5.41, 5.74) is 3.07. The molecule has 0 fully saturated rings. The van der Waals surface area contributed by atoms with Crippen LogP contribution in [0.5, 0.6) is 0 Å². The molecule has 0 saturated carbocycles. The van der Waals surface area contributed by atoms with Crippen LogP contribution in [-0.2, 0) is 0 Å². The van der Waals surface area contributed by atoms with Gasteiger partial charge >= 0.3 is 0 Å². The van der Waals surface area contributed by atoms with Gasteiger partial charge in [-0.15, -0.1) is 0 Å². The van der Waals surface area contributed by atoms with Gasteiger partial charge in [0.2, 0.25) is 0 Å². The van der Waals surface area contributed by atoms with Crippen molar-refractivity contribution >= 4 is 16.0 Å². The van der Waals surface area contributed by atoms with Gasteiger partial charge in [0.05, 0.1) is 0 Å². The molecular formula is C6H8N2S. The van der Waals surface area contributed by atoms with Crippen molar-refractivity contribution in [3.63, 3.8) is 0 Å². The van der Waals surface area contributed by atoms with Crippen LogP contribution in [0.25, 0.3) is 0 Å². The maximum atomic E-state index is 3.17. The van der Waals surface area contributed by atoms with Crippen LogP contribution in [0.3, 0.4) is 0 Å². The van der Waals surface area contributed by atoms with Gasteiger partial charge < -0.3 is 0 Å². The van der Waals surface area contributed by atoms with E-state index >= 15 is 0 Å². The summed E-state index contributed by atoms with van der Waals surface area (Å²) < 4.78 is 0. The van der Waals surface area contributed by atoms with E-state index in [1.807, 2.05) is 0 Å². The Labute approximate surface area is 56.7 Å². The molecule has 0 aliphatic carbocycles. The molecule has 0 aromatic heterocycles. The highest BCUT2D eigenvalue weighted by Crippen LogP contribution is 2.26. The maximum Gasteiger partial charge on any atom is 0.0303 e. The lowest BCUT2D eigenvalue weighted by molar-refractivity contribution is 0.747. The number of hydrogen-bond donors (Lipinski definition) is 2. The molecule has 48 valence electrons. The quantitative estimate of drug-likeness (QED) is 0.480. The van der Waals surface area contributed by atoms with Crippen LogP contribution in [0, 0.1) is 0 Å². The summed E-state index contributed by atoms with van der Waals surface area (Å²) >= 11 is 0. The predicted octanol–water partition coefficient (Wildman–Crippen LogP) is 0.534. The van der Waals surface area contributed by atoms with E-state index in [9.17, 15) is 0 Å². The second-order valence-electron chi connectivity index (χ2n) is 1.92. The first-order valence-corrected chi connectivity index (χ1v) is 4.19. The maximum absolute atomic E-state index is 3.17. The van der Waals surface area contributed by atoms with Gasteiger partial charge in [-0.25, -0.2) is 10.3 Å². The third-order valence-corrected chi connectivity index (χ3v) is 2.92. The van der Waals surface area contributed by atoms with Gasteiger partial charge in [0.25, 0.3) is 0 Å². The number of hydrazine groups is 1. The molecule has 2 N–H and O–H groups in total. The summed E-state index contributed by atoms with van der Waals surface area (Å²) in [4.78, 5) is 4.58. The molecule has 0 bridgehead atoms. The number of hydrogen-bond acceptors (Lipinski definition) is 2. The summed E-state index contributed by atoms with van der Waals surface area (Å²) in [6.07, 6.45) is 6.45. The Bertz CT molecular complexity index is 215. The Balaban J connectivity index is 2.38. The Hall–Kier alpha value is -0.380. The molecule has 0 radical (unpaired) electrons. The SMILES string of the molecule is C1=CC2=CCNNS2=C1. The van der Waals surface area contributed by atoms with Gasteiger partial charge in [0.15, 0.2) is 0 Å². The van der Waals surface area contributed by atoms with E-state index < -0.39 is 0 Å². The van der Waals surface area contributed by atoms with Crippen LogP contribution >= 0.6 is 10.7 Å². The van der Waals surface area contributed by atoms with Crippen molar-refractivity contribution in [2.75, 3.05) is 6.54 Å². The molecular weight excluding hydrogens is 132 g/mol. The fourth-order valence-electron chi connectivity index (χ4n) is 0.886. The highest BCUT2D eigenvalue weighted by atomic mass is 32.2. The molecule has 2 rings (SSSR count). The minimum atomic E-state index is 0.179. The Morgan fingerprint density at radius 1 is 1.56 bits per heavy atom. The zero-order valence-corrected chi connectivity index (χ0v) is 5.74. The lowest BCUT2D eigenvalue weighted by Crippen LogP contribution is -2.30. The molecule has 2 nitrogen and oxygen atoms in total. The smallest absolute Gasteiger partial charge is 0.0303 e. The summed E-state index contributed by atoms with van der Waals surface area (Å²) in [7, 11) is 0.179. The average molecular weight is 140 g/mol. The van der Waals surface area contributed by atoms with Crippen molar-refractivity contribution in [1.29, 1.82) is 0 Å². The van der Waals surface area contributed by atoms with Crippen LogP contribution in [0.1, 0.15) is 0 Å². The van der Waals surface area contributed by atoms with Crippen LogP contribution < -0.4 is 10.3 Å². The van der Waals surface area contributed by atoms with E-state index in [0.717, 1.165) is 6.54 Å². The largest absolute Gasteiger partial charge is 0.244 e. The Morgan fingerprint density at radius 3 is 3.44 bits per heavy atom. The molecule has 1 atom stereocenters. The minimum absolute atomic E-state index is 0.179. The average Bonchev–Trinajstić information content (AvgIpc) is 2.33. The zero-order valence-electron chi connectivity index (χ0n) is 4.92.